The molecule has 6 rings (SSSR count). The summed E-state index contributed by atoms with van der Waals surface area (Å²) in [7, 11) is 4.80. The van der Waals surface area contributed by atoms with Crippen LogP contribution in [0.1, 0.15) is 29.0 Å². The molecule has 34 heavy (non-hydrogen) atoms. The highest BCUT2D eigenvalue weighted by Gasteiger charge is 2.74. The molecule has 2 heterocycles. The number of rotatable bonds is 5. The van der Waals surface area contributed by atoms with Gasteiger partial charge in [-0.15, -0.1) is 0 Å². The van der Waals surface area contributed by atoms with Crippen molar-refractivity contribution < 1.29 is 33.5 Å². The van der Waals surface area contributed by atoms with Gasteiger partial charge >= 0.3 is 0 Å². The van der Waals surface area contributed by atoms with Crippen LogP contribution in [-0.4, -0.2) is 39.3 Å². The van der Waals surface area contributed by atoms with Gasteiger partial charge in [0.05, 0.1) is 25.9 Å². The van der Waals surface area contributed by atoms with E-state index in [1.54, 1.807) is 27.4 Å². The largest absolute Gasteiger partial charge is 0.496 e. The van der Waals surface area contributed by atoms with Crippen molar-refractivity contribution in [2.75, 3.05) is 28.1 Å². The zero-order chi connectivity index (χ0) is 23.5. The Balaban J connectivity index is 1.67. The Morgan fingerprint density at radius 1 is 0.882 bits per heavy atom. The second-order valence-electron chi connectivity index (χ2n) is 8.76. The van der Waals surface area contributed by atoms with E-state index >= 15 is 0 Å². The first-order chi connectivity index (χ1) is 16.6. The van der Waals surface area contributed by atoms with E-state index in [1.807, 2.05) is 42.5 Å². The van der Waals surface area contributed by atoms with E-state index in [9.17, 15) is 5.11 Å². The second-order valence-corrected chi connectivity index (χ2v) is 8.76. The zero-order valence-electron chi connectivity index (χ0n) is 19.2. The summed E-state index contributed by atoms with van der Waals surface area (Å²) in [5.41, 5.74) is 0.180. The predicted octanol–water partition coefficient (Wildman–Crippen LogP) is 4.11. The minimum absolute atomic E-state index is 0.165. The molecular formula is C27H26O7. The van der Waals surface area contributed by atoms with Gasteiger partial charge in [0.1, 0.15) is 17.2 Å². The molecule has 0 amide bonds. The number of benzene rings is 3. The minimum Gasteiger partial charge on any atom is -0.496 e. The molecule has 0 saturated heterocycles. The van der Waals surface area contributed by atoms with Gasteiger partial charge < -0.3 is 33.5 Å². The summed E-state index contributed by atoms with van der Waals surface area (Å²) >= 11 is 0. The average Bonchev–Trinajstić information content (AvgIpc) is 3.53. The maximum atomic E-state index is 11.7. The number of fused-ring (bicyclic) bond motifs is 4. The molecule has 0 aromatic heterocycles. The Bertz CT molecular complexity index is 1240. The first kappa shape index (κ1) is 21.1. The van der Waals surface area contributed by atoms with Gasteiger partial charge in [0.2, 0.25) is 6.79 Å². The first-order valence-corrected chi connectivity index (χ1v) is 11.2. The summed E-state index contributed by atoms with van der Waals surface area (Å²) in [6, 6.07) is 19.5. The molecular weight excluding hydrogens is 436 g/mol. The molecule has 3 aliphatic rings. The third kappa shape index (κ3) is 2.54. The van der Waals surface area contributed by atoms with Crippen LogP contribution in [0.25, 0.3) is 0 Å². The molecule has 1 fully saturated rings. The number of methoxy groups -OCH3 is 3. The molecule has 2 aliphatic heterocycles. The monoisotopic (exact) mass is 462 g/mol. The highest BCUT2D eigenvalue weighted by Crippen LogP contribution is 2.70. The van der Waals surface area contributed by atoms with Gasteiger partial charge in [-0.25, -0.2) is 0 Å². The van der Waals surface area contributed by atoms with Gasteiger partial charge in [0.15, 0.2) is 22.7 Å². The fourth-order valence-corrected chi connectivity index (χ4v) is 6.07. The standard InChI is InChI=1S/C27H26O7/c1-29-18-12-22(30-2)25-23(13-18)34-26(17-9-10-20-21(11-17)33-15-32-20)19(16-7-5-4-6-8-16)14-24(28)27(25,26)31-3/h4-13,19,24,28H,14-15H2,1-3H3. The van der Waals surface area contributed by atoms with Crippen LogP contribution in [-0.2, 0) is 15.9 Å². The molecule has 7 heteroatoms. The van der Waals surface area contributed by atoms with E-state index < -0.39 is 17.3 Å². The van der Waals surface area contributed by atoms with Crippen LogP contribution in [0.15, 0.2) is 60.7 Å². The van der Waals surface area contributed by atoms with Gasteiger partial charge in [-0.2, -0.15) is 0 Å². The van der Waals surface area contributed by atoms with Crippen molar-refractivity contribution in [3.63, 3.8) is 0 Å². The zero-order valence-corrected chi connectivity index (χ0v) is 19.2. The van der Waals surface area contributed by atoms with Crippen LogP contribution in [0.3, 0.4) is 0 Å². The van der Waals surface area contributed by atoms with Crippen molar-refractivity contribution in [2.45, 2.75) is 29.6 Å². The van der Waals surface area contributed by atoms with Gasteiger partial charge in [-0.3, -0.25) is 0 Å². The van der Waals surface area contributed by atoms with Gasteiger partial charge in [-0.05, 0) is 24.1 Å². The number of aliphatic hydroxyl groups is 1. The minimum atomic E-state index is -1.24. The lowest BCUT2D eigenvalue weighted by Gasteiger charge is -2.43. The summed E-state index contributed by atoms with van der Waals surface area (Å²) < 4.78 is 35.8. The van der Waals surface area contributed by atoms with Crippen LogP contribution >= 0.6 is 0 Å². The third-order valence-corrected chi connectivity index (χ3v) is 7.43. The molecule has 1 N–H and O–H groups in total. The van der Waals surface area contributed by atoms with Crippen molar-refractivity contribution >= 4 is 0 Å². The van der Waals surface area contributed by atoms with Gasteiger partial charge in [-0.1, -0.05) is 36.4 Å². The number of hydrogen-bond donors (Lipinski definition) is 1. The smallest absolute Gasteiger partial charge is 0.231 e. The molecule has 3 aromatic rings. The summed E-state index contributed by atoms with van der Waals surface area (Å²) in [6.45, 7) is 0.165. The van der Waals surface area contributed by atoms with E-state index in [1.165, 1.54) is 0 Å². The van der Waals surface area contributed by atoms with Crippen molar-refractivity contribution in [3.05, 3.63) is 77.4 Å². The molecule has 1 aliphatic carbocycles. The summed E-state index contributed by atoms with van der Waals surface area (Å²) in [6.07, 6.45) is -0.447. The number of ether oxygens (including phenoxy) is 6. The van der Waals surface area contributed by atoms with E-state index in [2.05, 4.69) is 12.1 Å². The molecule has 176 valence electrons. The Hall–Kier alpha value is -3.42. The molecule has 0 spiro atoms. The Morgan fingerprint density at radius 3 is 2.41 bits per heavy atom. The maximum Gasteiger partial charge on any atom is 0.231 e. The van der Waals surface area contributed by atoms with Crippen molar-refractivity contribution in [1.29, 1.82) is 0 Å². The molecule has 1 saturated carbocycles. The van der Waals surface area contributed by atoms with Gasteiger partial charge in [0, 0.05) is 30.7 Å². The highest BCUT2D eigenvalue weighted by atomic mass is 16.7. The molecule has 4 unspecified atom stereocenters. The SMILES string of the molecule is COc1cc(OC)c2c(c1)OC1(c3ccc4c(c3)OCO4)C(c3ccccc3)CC(O)C21OC. The number of hydrogen-bond acceptors (Lipinski definition) is 7. The number of aliphatic hydroxyl groups excluding tert-OH is 1. The van der Waals surface area contributed by atoms with E-state index in [-0.39, 0.29) is 12.7 Å². The van der Waals surface area contributed by atoms with E-state index in [0.29, 0.717) is 40.7 Å². The van der Waals surface area contributed by atoms with Crippen LogP contribution in [0.5, 0.6) is 28.7 Å². The van der Waals surface area contributed by atoms with Crippen molar-refractivity contribution in [2.24, 2.45) is 0 Å². The third-order valence-electron chi connectivity index (χ3n) is 7.43. The van der Waals surface area contributed by atoms with Gasteiger partial charge in [0.25, 0.3) is 0 Å². The van der Waals surface area contributed by atoms with Crippen LogP contribution < -0.4 is 23.7 Å². The normalized spacial score (nSPS) is 28.2. The Morgan fingerprint density at radius 2 is 1.68 bits per heavy atom. The van der Waals surface area contributed by atoms with Crippen molar-refractivity contribution in [3.8, 4) is 28.7 Å². The lowest BCUT2D eigenvalue weighted by molar-refractivity contribution is -0.170. The topological polar surface area (TPSA) is 75.6 Å². The molecule has 0 radical (unpaired) electrons. The maximum absolute atomic E-state index is 11.7. The van der Waals surface area contributed by atoms with E-state index in [4.69, 9.17) is 28.4 Å². The quantitative estimate of drug-likeness (QED) is 0.612. The van der Waals surface area contributed by atoms with E-state index in [0.717, 1.165) is 11.1 Å². The average molecular weight is 462 g/mol. The lowest BCUT2D eigenvalue weighted by Crippen LogP contribution is -2.53. The molecule has 4 atom stereocenters. The summed E-state index contributed by atoms with van der Waals surface area (Å²) in [5, 5.41) is 11.7. The molecule has 3 aromatic carbocycles. The highest BCUT2D eigenvalue weighted by molar-refractivity contribution is 5.63. The fraction of sp³-hybridized carbons (Fsp3) is 0.333. The molecule has 0 bridgehead atoms. The first-order valence-electron chi connectivity index (χ1n) is 11.2. The summed E-state index contributed by atoms with van der Waals surface area (Å²) in [4.78, 5) is 0. The Kier molecular flexibility index (Phi) is 4.69. The predicted molar refractivity (Wildman–Crippen MR) is 123 cm³/mol. The lowest BCUT2D eigenvalue weighted by atomic mass is 9.71. The van der Waals surface area contributed by atoms with Crippen LogP contribution in [0.4, 0.5) is 0 Å². The fourth-order valence-electron chi connectivity index (χ4n) is 6.07. The van der Waals surface area contributed by atoms with Crippen molar-refractivity contribution in [1.82, 2.24) is 0 Å². The summed E-state index contributed by atoms with van der Waals surface area (Å²) in [5.74, 6) is 2.75. The molecule has 7 nitrogen and oxygen atoms in total. The Labute approximate surface area is 197 Å². The second kappa shape index (κ2) is 7.55. The van der Waals surface area contributed by atoms with Crippen LogP contribution in [0, 0.1) is 0 Å². The van der Waals surface area contributed by atoms with Crippen LogP contribution in [0.2, 0.25) is 0 Å².